The molecule has 0 bridgehead atoms. The highest BCUT2D eigenvalue weighted by molar-refractivity contribution is 5.82. The number of hydrogen-bond donors (Lipinski definition) is 2. The van der Waals surface area contributed by atoms with Gasteiger partial charge in [-0.3, -0.25) is 9.59 Å². The number of rotatable bonds is 6. The lowest BCUT2D eigenvalue weighted by Crippen LogP contribution is -2.39. The van der Waals surface area contributed by atoms with Crippen LogP contribution >= 0.6 is 0 Å². The Morgan fingerprint density at radius 1 is 1.35 bits per heavy atom. The van der Waals surface area contributed by atoms with Crippen LogP contribution in [0.5, 0.6) is 0 Å². The summed E-state index contributed by atoms with van der Waals surface area (Å²) in [6.45, 7) is 3.40. The maximum absolute atomic E-state index is 13.8. The molecule has 1 unspecified atom stereocenters. The molecule has 1 heterocycles. The lowest BCUT2D eigenvalue weighted by Gasteiger charge is -2.17. The molecule has 20 heavy (non-hydrogen) atoms. The highest BCUT2D eigenvalue weighted by Crippen LogP contribution is 2.26. The molecule has 7 heteroatoms. The standard InChI is InChI=1S/C13H21FN2O4/c1-9(2)15-10(17)4-3-5-11(18)16-7-6-13(14,8-16)12(19)20/h9H,3-8H2,1-2H3,(H,15,17)(H,19,20). The molecule has 2 amide bonds. The predicted molar refractivity (Wildman–Crippen MR) is 69.8 cm³/mol. The molecule has 2 N–H and O–H groups in total. The summed E-state index contributed by atoms with van der Waals surface area (Å²) in [5, 5.41) is 11.5. The quantitative estimate of drug-likeness (QED) is 0.753. The number of amides is 2. The zero-order chi connectivity index (χ0) is 15.3. The molecule has 6 nitrogen and oxygen atoms in total. The number of alkyl halides is 1. The van der Waals surface area contributed by atoms with Crippen molar-refractivity contribution in [3.05, 3.63) is 0 Å². The fourth-order valence-electron chi connectivity index (χ4n) is 2.11. The Labute approximate surface area is 117 Å². The van der Waals surface area contributed by atoms with Crippen LogP contribution < -0.4 is 5.32 Å². The number of hydrogen-bond acceptors (Lipinski definition) is 3. The third-order valence-corrected chi connectivity index (χ3v) is 3.20. The minimum atomic E-state index is -2.33. The Kier molecular flexibility index (Phi) is 5.47. The molecule has 0 aromatic heterocycles. The molecule has 1 aliphatic rings. The maximum atomic E-state index is 13.8. The summed E-state index contributed by atoms with van der Waals surface area (Å²) in [6.07, 6.45) is 0.556. The maximum Gasteiger partial charge on any atom is 0.343 e. The Balaban J connectivity index is 2.31. The van der Waals surface area contributed by atoms with Crippen molar-refractivity contribution in [2.75, 3.05) is 13.1 Å². The van der Waals surface area contributed by atoms with Crippen LogP contribution in [0.1, 0.15) is 39.5 Å². The smallest absolute Gasteiger partial charge is 0.343 e. The van der Waals surface area contributed by atoms with Crippen molar-refractivity contribution in [3.8, 4) is 0 Å². The van der Waals surface area contributed by atoms with Crippen LogP contribution in [0.2, 0.25) is 0 Å². The van der Waals surface area contributed by atoms with Crippen LogP contribution in [-0.4, -0.2) is 52.6 Å². The molecular weight excluding hydrogens is 267 g/mol. The third kappa shape index (κ3) is 4.47. The zero-order valence-electron chi connectivity index (χ0n) is 11.8. The summed E-state index contributed by atoms with van der Waals surface area (Å²) in [5.41, 5.74) is -2.33. The van der Waals surface area contributed by atoms with Gasteiger partial charge in [-0.1, -0.05) is 0 Å². The molecule has 0 aromatic carbocycles. The van der Waals surface area contributed by atoms with E-state index in [0.29, 0.717) is 6.42 Å². The number of carbonyl (C=O) groups is 3. The average Bonchev–Trinajstić information content (AvgIpc) is 2.72. The molecular formula is C13H21FN2O4. The summed E-state index contributed by atoms with van der Waals surface area (Å²) in [7, 11) is 0. The largest absolute Gasteiger partial charge is 0.479 e. The topological polar surface area (TPSA) is 86.7 Å². The second kappa shape index (κ2) is 6.67. The van der Waals surface area contributed by atoms with Gasteiger partial charge >= 0.3 is 5.97 Å². The van der Waals surface area contributed by atoms with Crippen molar-refractivity contribution in [2.24, 2.45) is 0 Å². The van der Waals surface area contributed by atoms with Gasteiger partial charge in [0.1, 0.15) is 0 Å². The van der Waals surface area contributed by atoms with Crippen molar-refractivity contribution in [2.45, 2.75) is 51.2 Å². The molecule has 114 valence electrons. The van der Waals surface area contributed by atoms with Crippen LogP contribution in [0.15, 0.2) is 0 Å². The van der Waals surface area contributed by atoms with Crippen LogP contribution in [0.25, 0.3) is 0 Å². The van der Waals surface area contributed by atoms with Gasteiger partial charge in [0.05, 0.1) is 6.54 Å². The fraction of sp³-hybridized carbons (Fsp3) is 0.769. The van der Waals surface area contributed by atoms with E-state index in [-0.39, 0.29) is 43.7 Å². The van der Waals surface area contributed by atoms with E-state index in [9.17, 15) is 18.8 Å². The summed E-state index contributed by atoms with van der Waals surface area (Å²) >= 11 is 0. The van der Waals surface area contributed by atoms with E-state index in [1.807, 2.05) is 13.8 Å². The second-order valence-electron chi connectivity index (χ2n) is 5.41. The van der Waals surface area contributed by atoms with E-state index in [2.05, 4.69) is 5.32 Å². The molecule has 1 fully saturated rings. The first-order valence-electron chi connectivity index (χ1n) is 6.74. The molecule has 1 saturated heterocycles. The van der Waals surface area contributed by atoms with E-state index in [1.54, 1.807) is 0 Å². The van der Waals surface area contributed by atoms with Crippen LogP contribution in [0.4, 0.5) is 4.39 Å². The highest BCUT2D eigenvalue weighted by atomic mass is 19.1. The monoisotopic (exact) mass is 288 g/mol. The third-order valence-electron chi connectivity index (χ3n) is 3.20. The van der Waals surface area contributed by atoms with Gasteiger partial charge in [-0.05, 0) is 20.3 Å². The van der Waals surface area contributed by atoms with Crippen molar-refractivity contribution < 1.29 is 23.9 Å². The number of nitrogens with one attached hydrogen (secondary N) is 1. The molecule has 0 spiro atoms. The Bertz CT molecular complexity index is 400. The predicted octanol–water partition coefficient (Wildman–Crippen LogP) is 0.706. The number of carboxylic acids is 1. The Hall–Kier alpha value is -1.66. The van der Waals surface area contributed by atoms with Crippen molar-refractivity contribution in [1.29, 1.82) is 0 Å². The van der Waals surface area contributed by atoms with Gasteiger partial charge in [0.25, 0.3) is 0 Å². The number of carbonyl (C=O) groups excluding carboxylic acids is 2. The van der Waals surface area contributed by atoms with Gasteiger partial charge in [-0.2, -0.15) is 0 Å². The molecule has 1 aliphatic heterocycles. The molecule has 1 atom stereocenters. The van der Waals surface area contributed by atoms with Crippen LogP contribution in [0, 0.1) is 0 Å². The van der Waals surface area contributed by atoms with Crippen molar-refractivity contribution >= 4 is 17.8 Å². The SMILES string of the molecule is CC(C)NC(=O)CCCC(=O)N1CCC(F)(C(=O)O)C1. The fourth-order valence-corrected chi connectivity index (χ4v) is 2.11. The number of likely N-dealkylation sites (tertiary alicyclic amines) is 1. The minimum absolute atomic E-state index is 0.0551. The van der Waals surface area contributed by atoms with Gasteiger partial charge in [-0.15, -0.1) is 0 Å². The van der Waals surface area contributed by atoms with Gasteiger partial charge in [0.15, 0.2) is 0 Å². The molecule has 0 saturated carbocycles. The van der Waals surface area contributed by atoms with Crippen LogP contribution in [0.3, 0.4) is 0 Å². The van der Waals surface area contributed by atoms with E-state index in [1.165, 1.54) is 4.90 Å². The first-order valence-corrected chi connectivity index (χ1v) is 6.74. The van der Waals surface area contributed by atoms with E-state index >= 15 is 0 Å². The lowest BCUT2D eigenvalue weighted by molar-refractivity contribution is -0.150. The Morgan fingerprint density at radius 2 is 2.00 bits per heavy atom. The summed E-state index contributed by atoms with van der Waals surface area (Å²) < 4.78 is 13.8. The average molecular weight is 288 g/mol. The number of carboxylic acid groups (broad SMARTS) is 1. The summed E-state index contributed by atoms with van der Waals surface area (Å²) in [6, 6.07) is 0.0551. The normalized spacial score (nSPS) is 22.1. The number of halogens is 1. The molecule has 0 aliphatic carbocycles. The van der Waals surface area contributed by atoms with E-state index in [0.717, 1.165) is 0 Å². The van der Waals surface area contributed by atoms with Gasteiger partial charge in [-0.25, -0.2) is 9.18 Å². The molecule has 0 aromatic rings. The lowest BCUT2D eigenvalue weighted by atomic mass is 10.1. The molecule has 1 rings (SSSR count). The first-order chi connectivity index (χ1) is 9.24. The Morgan fingerprint density at radius 3 is 2.50 bits per heavy atom. The van der Waals surface area contributed by atoms with Gasteiger partial charge in [0.2, 0.25) is 17.5 Å². The van der Waals surface area contributed by atoms with Crippen molar-refractivity contribution in [3.63, 3.8) is 0 Å². The number of aliphatic carboxylic acids is 1. The van der Waals surface area contributed by atoms with Gasteiger partial charge in [0, 0.05) is 31.8 Å². The number of nitrogens with zero attached hydrogens (tertiary/aromatic N) is 1. The molecule has 0 radical (unpaired) electrons. The first kappa shape index (κ1) is 16.4. The van der Waals surface area contributed by atoms with Gasteiger partial charge < -0.3 is 15.3 Å². The zero-order valence-corrected chi connectivity index (χ0v) is 11.8. The van der Waals surface area contributed by atoms with Crippen molar-refractivity contribution in [1.82, 2.24) is 10.2 Å². The second-order valence-corrected chi connectivity index (χ2v) is 5.41. The summed E-state index contributed by atoms with van der Waals surface area (Å²) in [5.74, 6) is -1.95. The highest BCUT2D eigenvalue weighted by Gasteiger charge is 2.46. The van der Waals surface area contributed by atoms with Crippen LogP contribution in [-0.2, 0) is 14.4 Å². The summed E-state index contributed by atoms with van der Waals surface area (Å²) in [4.78, 5) is 35.1. The minimum Gasteiger partial charge on any atom is -0.479 e. The van der Waals surface area contributed by atoms with E-state index < -0.39 is 18.2 Å². The van der Waals surface area contributed by atoms with E-state index in [4.69, 9.17) is 5.11 Å².